The summed E-state index contributed by atoms with van der Waals surface area (Å²) in [5.74, 6) is 0.282. The molecule has 0 aromatic heterocycles. The first kappa shape index (κ1) is 16.2. The van der Waals surface area contributed by atoms with Gasteiger partial charge in [0, 0.05) is 25.6 Å². The number of hydrogen-bond acceptors (Lipinski definition) is 3. The molecule has 0 aliphatic heterocycles. The summed E-state index contributed by atoms with van der Waals surface area (Å²) in [4.78, 5) is 23.0. The van der Waals surface area contributed by atoms with Crippen LogP contribution in [0, 0.1) is 5.92 Å². The molecule has 20 heavy (non-hydrogen) atoms. The second-order valence-electron chi connectivity index (χ2n) is 4.93. The summed E-state index contributed by atoms with van der Waals surface area (Å²) >= 11 is 0. The van der Waals surface area contributed by atoms with Crippen molar-refractivity contribution in [1.29, 1.82) is 0 Å². The molecule has 2 amide bonds. The molecule has 1 atom stereocenters. The highest BCUT2D eigenvalue weighted by atomic mass is 16.2. The summed E-state index contributed by atoms with van der Waals surface area (Å²) in [6.45, 7) is 3.11. The van der Waals surface area contributed by atoms with Gasteiger partial charge in [0.1, 0.15) is 0 Å². The number of rotatable bonds is 7. The number of carbonyl (C=O) groups excluding carboxylic acids is 2. The largest absolute Gasteiger partial charge is 0.355 e. The Kier molecular flexibility index (Phi) is 6.73. The minimum Gasteiger partial charge on any atom is -0.355 e. The molecule has 1 unspecified atom stereocenters. The van der Waals surface area contributed by atoms with Crippen molar-refractivity contribution in [3.8, 4) is 0 Å². The number of amides is 2. The predicted octanol–water partition coefficient (Wildman–Crippen LogP) is 1.04. The average Bonchev–Trinajstić information content (AvgIpc) is 2.50. The summed E-state index contributed by atoms with van der Waals surface area (Å²) in [6.07, 6.45) is 1.30. The van der Waals surface area contributed by atoms with Crippen LogP contribution < -0.4 is 16.4 Å². The fourth-order valence-corrected chi connectivity index (χ4v) is 1.70. The maximum Gasteiger partial charge on any atom is 0.251 e. The van der Waals surface area contributed by atoms with Gasteiger partial charge in [0.25, 0.3) is 5.91 Å². The van der Waals surface area contributed by atoms with E-state index in [-0.39, 0.29) is 11.8 Å². The van der Waals surface area contributed by atoms with Crippen molar-refractivity contribution in [2.45, 2.75) is 26.3 Å². The van der Waals surface area contributed by atoms with Gasteiger partial charge in [0.15, 0.2) is 0 Å². The van der Waals surface area contributed by atoms with E-state index in [1.165, 1.54) is 0 Å². The molecule has 0 saturated carbocycles. The van der Waals surface area contributed by atoms with Crippen molar-refractivity contribution in [3.05, 3.63) is 35.4 Å². The maximum absolute atomic E-state index is 11.6. The van der Waals surface area contributed by atoms with Gasteiger partial charge in [-0.1, -0.05) is 19.1 Å². The molecule has 1 aromatic rings. The molecule has 110 valence electrons. The van der Waals surface area contributed by atoms with E-state index in [0.717, 1.165) is 12.0 Å². The van der Waals surface area contributed by atoms with E-state index in [9.17, 15) is 9.59 Å². The summed E-state index contributed by atoms with van der Waals surface area (Å²) in [6, 6.07) is 7.17. The Morgan fingerprint density at radius 2 is 1.90 bits per heavy atom. The Bertz CT molecular complexity index is 443. The molecule has 0 aliphatic rings. The molecule has 0 spiro atoms. The van der Waals surface area contributed by atoms with Gasteiger partial charge in [-0.15, -0.1) is 0 Å². The second kappa shape index (κ2) is 8.32. The van der Waals surface area contributed by atoms with Gasteiger partial charge >= 0.3 is 0 Å². The highest BCUT2D eigenvalue weighted by Gasteiger charge is 2.06. The molecule has 0 bridgehead atoms. The molecule has 1 aromatic carbocycles. The van der Waals surface area contributed by atoms with Crippen LogP contribution in [-0.2, 0) is 11.3 Å². The number of carbonyl (C=O) groups is 2. The van der Waals surface area contributed by atoms with Crippen LogP contribution >= 0.6 is 0 Å². The van der Waals surface area contributed by atoms with Crippen molar-refractivity contribution in [2.75, 3.05) is 13.6 Å². The van der Waals surface area contributed by atoms with E-state index in [1.54, 1.807) is 19.2 Å². The Labute approximate surface area is 119 Å². The van der Waals surface area contributed by atoms with Gasteiger partial charge in [-0.3, -0.25) is 9.59 Å². The van der Waals surface area contributed by atoms with Gasteiger partial charge in [-0.2, -0.15) is 0 Å². The van der Waals surface area contributed by atoms with E-state index in [1.807, 2.05) is 19.1 Å². The molecule has 1 rings (SSSR count). The summed E-state index contributed by atoms with van der Waals surface area (Å²) < 4.78 is 0. The minimum absolute atomic E-state index is 0.0284. The van der Waals surface area contributed by atoms with Crippen LogP contribution in [0.15, 0.2) is 24.3 Å². The van der Waals surface area contributed by atoms with Crippen molar-refractivity contribution in [1.82, 2.24) is 10.6 Å². The first-order valence-electron chi connectivity index (χ1n) is 6.84. The van der Waals surface area contributed by atoms with Crippen LogP contribution in [0.2, 0.25) is 0 Å². The zero-order valence-corrected chi connectivity index (χ0v) is 12.1. The lowest BCUT2D eigenvalue weighted by atomic mass is 10.1. The molecule has 4 N–H and O–H groups in total. The number of hydrogen-bond donors (Lipinski definition) is 3. The summed E-state index contributed by atoms with van der Waals surface area (Å²) in [5, 5.41) is 5.43. The van der Waals surface area contributed by atoms with Gasteiger partial charge < -0.3 is 16.4 Å². The van der Waals surface area contributed by atoms with Crippen LogP contribution in [0.25, 0.3) is 0 Å². The average molecular weight is 277 g/mol. The molecule has 0 radical (unpaired) electrons. The first-order valence-corrected chi connectivity index (χ1v) is 6.84. The zero-order chi connectivity index (χ0) is 15.0. The molecular weight excluding hydrogens is 254 g/mol. The van der Waals surface area contributed by atoms with Crippen molar-refractivity contribution >= 4 is 11.8 Å². The molecule has 5 heteroatoms. The molecule has 0 heterocycles. The fourth-order valence-electron chi connectivity index (χ4n) is 1.70. The number of nitrogens with two attached hydrogens (primary N) is 1. The first-order chi connectivity index (χ1) is 9.56. The third-order valence-electron chi connectivity index (χ3n) is 3.20. The predicted molar refractivity (Wildman–Crippen MR) is 79.1 cm³/mol. The van der Waals surface area contributed by atoms with Crippen LogP contribution in [0.4, 0.5) is 0 Å². The van der Waals surface area contributed by atoms with E-state index in [0.29, 0.717) is 31.0 Å². The fraction of sp³-hybridized carbons (Fsp3) is 0.467. The van der Waals surface area contributed by atoms with E-state index in [4.69, 9.17) is 5.73 Å². The Hall–Kier alpha value is -1.88. The Morgan fingerprint density at radius 3 is 2.45 bits per heavy atom. The number of benzene rings is 1. The van der Waals surface area contributed by atoms with Gasteiger partial charge in [0.05, 0.1) is 0 Å². The maximum atomic E-state index is 11.6. The topological polar surface area (TPSA) is 84.2 Å². The van der Waals surface area contributed by atoms with Crippen molar-refractivity contribution in [3.63, 3.8) is 0 Å². The number of nitrogens with one attached hydrogen (secondary N) is 2. The van der Waals surface area contributed by atoms with Crippen molar-refractivity contribution < 1.29 is 9.59 Å². The van der Waals surface area contributed by atoms with Crippen molar-refractivity contribution in [2.24, 2.45) is 11.7 Å². The summed E-state index contributed by atoms with van der Waals surface area (Å²) in [7, 11) is 1.60. The smallest absolute Gasteiger partial charge is 0.251 e. The lowest BCUT2D eigenvalue weighted by Gasteiger charge is -2.09. The minimum atomic E-state index is -0.114. The lowest BCUT2D eigenvalue weighted by Crippen LogP contribution is -2.24. The van der Waals surface area contributed by atoms with Crippen LogP contribution in [-0.4, -0.2) is 25.4 Å². The highest BCUT2D eigenvalue weighted by Crippen LogP contribution is 2.06. The van der Waals surface area contributed by atoms with Crippen LogP contribution in [0.5, 0.6) is 0 Å². The quantitative estimate of drug-likeness (QED) is 0.696. The molecule has 0 aliphatic carbocycles. The normalized spacial score (nSPS) is 11.8. The third kappa shape index (κ3) is 5.40. The molecule has 0 saturated heterocycles. The van der Waals surface area contributed by atoms with E-state index in [2.05, 4.69) is 10.6 Å². The third-order valence-corrected chi connectivity index (χ3v) is 3.20. The van der Waals surface area contributed by atoms with Crippen LogP contribution in [0.3, 0.4) is 0 Å². The van der Waals surface area contributed by atoms with Gasteiger partial charge in [0.2, 0.25) is 5.91 Å². The van der Waals surface area contributed by atoms with E-state index >= 15 is 0 Å². The highest BCUT2D eigenvalue weighted by molar-refractivity contribution is 5.93. The second-order valence-corrected chi connectivity index (χ2v) is 4.93. The standard InChI is InChI=1S/C15H23N3O2/c1-11(9-16)3-8-14(19)18-10-12-4-6-13(7-5-12)15(20)17-2/h4-7,11H,3,8-10,16H2,1-2H3,(H,17,20)(H,18,19). The SMILES string of the molecule is CNC(=O)c1ccc(CNC(=O)CCC(C)CN)cc1. The monoisotopic (exact) mass is 277 g/mol. The molecule has 0 fully saturated rings. The van der Waals surface area contributed by atoms with E-state index < -0.39 is 0 Å². The lowest BCUT2D eigenvalue weighted by molar-refractivity contribution is -0.121. The molecular formula is C15H23N3O2. The zero-order valence-electron chi connectivity index (χ0n) is 12.1. The van der Waals surface area contributed by atoms with Gasteiger partial charge in [-0.05, 0) is 36.6 Å². The molecule has 5 nitrogen and oxygen atoms in total. The Balaban J connectivity index is 2.38. The summed E-state index contributed by atoms with van der Waals surface area (Å²) in [5.41, 5.74) is 7.09. The Morgan fingerprint density at radius 1 is 1.25 bits per heavy atom. The van der Waals surface area contributed by atoms with Gasteiger partial charge in [-0.25, -0.2) is 0 Å². The van der Waals surface area contributed by atoms with Crippen LogP contribution in [0.1, 0.15) is 35.7 Å².